The van der Waals surface area contributed by atoms with Gasteiger partial charge in [-0.05, 0) is 0 Å². The van der Waals surface area contributed by atoms with Gasteiger partial charge in [0, 0.05) is 6.92 Å². The van der Waals surface area contributed by atoms with Gasteiger partial charge in [0.05, 0.1) is 7.11 Å². The second-order valence-electron chi connectivity index (χ2n) is 0.943. The van der Waals surface area contributed by atoms with Crippen LogP contribution in [0.1, 0.15) is 6.92 Å². The molecule has 0 bridgehead atoms. The summed E-state index contributed by atoms with van der Waals surface area (Å²) in [5.74, 6) is -0.245. The molecule has 0 atom stereocenters. The van der Waals surface area contributed by atoms with Gasteiger partial charge in [-0.2, -0.15) is 0 Å². The Labute approximate surface area is 69.0 Å². The van der Waals surface area contributed by atoms with Gasteiger partial charge in [0.2, 0.25) is 0 Å². The summed E-state index contributed by atoms with van der Waals surface area (Å²) in [4.78, 5) is 9.59. The predicted molar refractivity (Wildman–Crippen MR) is 39.0 cm³/mol. The fourth-order valence-electron chi connectivity index (χ4n) is 0. The lowest BCUT2D eigenvalue weighted by Gasteiger charge is -1.80. The molecule has 0 amide bonds. The molecule has 0 aliphatic carbocycles. The minimum atomic E-state index is -0.750. The molecule has 0 aliphatic rings. The molecule has 0 radical (unpaired) electrons. The van der Waals surface area contributed by atoms with E-state index >= 15 is 0 Å². The Bertz CT molecular complexity index is 71.5. The van der Waals surface area contributed by atoms with Crippen LogP contribution < -0.4 is 0 Å². The van der Waals surface area contributed by atoms with E-state index in [0.717, 1.165) is 0 Å². The number of methoxy groups -OCH3 is 1. The number of hydrogen-bond donors (Lipinski definition) is 0. The number of hydrogen-bond acceptors (Lipinski definition) is 2. The summed E-state index contributed by atoms with van der Waals surface area (Å²) in [5.41, 5.74) is 0. The maximum absolute atomic E-state index is 9.59. The van der Waals surface area contributed by atoms with Crippen LogP contribution in [-0.4, -0.2) is 17.4 Å². The molecule has 0 heterocycles. The fraction of sp³-hybridized carbons (Fsp3) is 0.750. The zero-order valence-electron chi connectivity index (χ0n) is 5.03. The molecule has 0 aliphatic heterocycles. The van der Waals surface area contributed by atoms with Gasteiger partial charge in [0.15, 0.2) is 4.30 Å². The Morgan fingerprint density at radius 2 is 1.56 bits per heavy atom. The van der Waals surface area contributed by atoms with E-state index in [1.807, 2.05) is 0 Å². The summed E-state index contributed by atoms with van der Waals surface area (Å²) >= 11 is 14.4. The lowest BCUT2D eigenvalue weighted by atomic mass is 10.8. The second-order valence-corrected chi connectivity index (χ2v) is 2.92. The number of halogens is 3. The fourth-order valence-corrected chi connectivity index (χ4v) is 0. The van der Waals surface area contributed by atoms with Gasteiger partial charge in [-0.15, -0.1) is 0 Å². The van der Waals surface area contributed by atoms with E-state index in [-0.39, 0.29) is 5.97 Å². The Morgan fingerprint density at radius 3 is 1.56 bits per heavy atom. The number of ether oxygens (including phenoxy) is 1. The monoisotopic (exact) mass is 192 g/mol. The molecule has 0 aromatic carbocycles. The Morgan fingerprint density at radius 1 is 1.44 bits per heavy atom. The summed E-state index contributed by atoms with van der Waals surface area (Å²) in [7, 11) is 1.35. The lowest BCUT2D eigenvalue weighted by Crippen LogP contribution is -1.88. The maximum atomic E-state index is 9.59. The first-order valence-electron chi connectivity index (χ1n) is 1.97. The zero-order chi connectivity index (χ0) is 7.86. The molecule has 0 spiro atoms. The maximum Gasteiger partial charge on any atom is 0.302 e. The SMILES string of the molecule is COC(C)=O.ClC(Cl)Cl. The van der Waals surface area contributed by atoms with E-state index in [2.05, 4.69) is 4.74 Å². The van der Waals surface area contributed by atoms with Gasteiger partial charge in [-0.1, -0.05) is 34.8 Å². The molecule has 0 unspecified atom stereocenters. The molecule has 9 heavy (non-hydrogen) atoms. The molecule has 0 saturated carbocycles. The van der Waals surface area contributed by atoms with Crippen LogP contribution in [0.2, 0.25) is 0 Å². The van der Waals surface area contributed by atoms with Gasteiger partial charge in [0.1, 0.15) is 0 Å². The first-order valence-corrected chi connectivity index (χ1v) is 3.28. The molecule has 2 nitrogen and oxygen atoms in total. The molecule has 5 heteroatoms. The van der Waals surface area contributed by atoms with Crippen LogP contribution in [0.3, 0.4) is 0 Å². The smallest absolute Gasteiger partial charge is 0.302 e. The molecule has 0 fully saturated rings. The molecule has 56 valence electrons. The van der Waals surface area contributed by atoms with Crippen LogP contribution >= 0.6 is 34.8 Å². The largest absolute Gasteiger partial charge is 0.469 e. The molecular weight excluding hydrogens is 186 g/mol. The van der Waals surface area contributed by atoms with Crippen molar-refractivity contribution in [2.75, 3.05) is 7.11 Å². The summed E-state index contributed by atoms with van der Waals surface area (Å²) in [6, 6.07) is 0. The molecular formula is C4H7Cl3O2. The van der Waals surface area contributed by atoms with Gasteiger partial charge in [-0.3, -0.25) is 4.79 Å². The van der Waals surface area contributed by atoms with Gasteiger partial charge < -0.3 is 4.74 Å². The van der Waals surface area contributed by atoms with E-state index in [1.165, 1.54) is 14.0 Å². The van der Waals surface area contributed by atoms with E-state index in [0.29, 0.717) is 0 Å². The highest BCUT2D eigenvalue weighted by Crippen LogP contribution is 2.03. The van der Waals surface area contributed by atoms with Crippen LogP contribution in [0.15, 0.2) is 0 Å². The van der Waals surface area contributed by atoms with E-state index in [1.54, 1.807) is 0 Å². The Kier molecular flexibility index (Phi) is 11.2. The Balaban J connectivity index is 0. The van der Waals surface area contributed by atoms with Crippen molar-refractivity contribution in [1.29, 1.82) is 0 Å². The third-order valence-electron chi connectivity index (χ3n) is 0.287. The van der Waals surface area contributed by atoms with E-state index in [4.69, 9.17) is 34.8 Å². The third-order valence-corrected chi connectivity index (χ3v) is 0.287. The minimum absolute atomic E-state index is 0.245. The molecule has 0 rings (SSSR count). The van der Waals surface area contributed by atoms with Crippen molar-refractivity contribution in [3.05, 3.63) is 0 Å². The van der Waals surface area contributed by atoms with Crippen LogP contribution in [-0.2, 0) is 9.53 Å². The minimum Gasteiger partial charge on any atom is -0.469 e. The highest BCUT2D eigenvalue weighted by atomic mass is 35.6. The van der Waals surface area contributed by atoms with Crippen LogP contribution in [0.4, 0.5) is 0 Å². The standard InChI is InChI=1S/C3H6O2.CHCl3/c1-3(4)5-2;2-1(3)4/h1-2H3;1H. The zero-order valence-corrected chi connectivity index (χ0v) is 7.30. The molecule has 0 aromatic rings. The highest BCUT2D eigenvalue weighted by Gasteiger charge is 1.78. The number of carbonyl (C=O) groups is 1. The van der Waals surface area contributed by atoms with E-state index < -0.39 is 4.30 Å². The third kappa shape index (κ3) is 61.2. The number of esters is 1. The van der Waals surface area contributed by atoms with Gasteiger partial charge in [-0.25, -0.2) is 0 Å². The van der Waals surface area contributed by atoms with Crippen molar-refractivity contribution in [1.82, 2.24) is 0 Å². The van der Waals surface area contributed by atoms with Crippen LogP contribution in [0.5, 0.6) is 0 Å². The Hall–Kier alpha value is 0.340. The van der Waals surface area contributed by atoms with Crippen molar-refractivity contribution in [3.8, 4) is 0 Å². The normalized spacial score (nSPS) is 7.78. The summed E-state index contributed by atoms with van der Waals surface area (Å²) < 4.78 is 3.36. The van der Waals surface area contributed by atoms with E-state index in [9.17, 15) is 4.79 Å². The van der Waals surface area contributed by atoms with Crippen LogP contribution in [0.25, 0.3) is 0 Å². The number of carbonyl (C=O) groups excluding carboxylic acids is 1. The second kappa shape index (κ2) is 8.34. The van der Waals surface area contributed by atoms with Crippen LogP contribution in [0, 0.1) is 0 Å². The molecule has 0 N–H and O–H groups in total. The summed E-state index contributed by atoms with van der Waals surface area (Å²) in [5, 5.41) is 0. The van der Waals surface area contributed by atoms with Crippen molar-refractivity contribution < 1.29 is 9.53 Å². The predicted octanol–water partition coefficient (Wildman–Crippen LogP) is 2.17. The number of alkyl halides is 3. The number of rotatable bonds is 0. The quantitative estimate of drug-likeness (QED) is 0.435. The van der Waals surface area contributed by atoms with Crippen molar-refractivity contribution in [2.24, 2.45) is 0 Å². The average molecular weight is 193 g/mol. The average Bonchev–Trinajstić information content (AvgIpc) is 1.65. The summed E-state index contributed by atoms with van der Waals surface area (Å²) in [6.07, 6.45) is 0. The highest BCUT2D eigenvalue weighted by molar-refractivity contribution is 6.63. The topological polar surface area (TPSA) is 26.3 Å². The first-order chi connectivity index (χ1) is 4.00. The van der Waals surface area contributed by atoms with Crippen molar-refractivity contribution >= 4 is 40.8 Å². The van der Waals surface area contributed by atoms with Gasteiger partial charge in [0.25, 0.3) is 0 Å². The van der Waals surface area contributed by atoms with Crippen molar-refractivity contribution in [3.63, 3.8) is 0 Å². The van der Waals surface area contributed by atoms with Gasteiger partial charge >= 0.3 is 5.97 Å². The molecule has 0 aromatic heterocycles. The van der Waals surface area contributed by atoms with Crippen molar-refractivity contribution in [2.45, 2.75) is 11.2 Å². The first kappa shape index (κ1) is 12.1. The summed E-state index contributed by atoms with van der Waals surface area (Å²) in [6.45, 7) is 1.36. The molecule has 0 saturated heterocycles. The lowest BCUT2D eigenvalue weighted by molar-refractivity contribution is -0.137.